The van der Waals surface area contributed by atoms with E-state index >= 15 is 0 Å². The van der Waals surface area contributed by atoms with E-state index in [4.69, 9.17) is 9.15 Å². The molecule has 0 radical (unpaired) electrons. The Morgan fingerprint density at radius 3 is 2.82 bits per heavy atom. The number of carbonyl (C=O) groups is 1. The van der Waals surface area contributed by atoms with Crippen molar-refractivity contribution < 1.29 is 18.9 Å². The molecule has 3 aromatic rings. The van der Waals surface area contributed by atoms with Gasteiger partial charge in [-0.25, -0.2) is 4.98 Å². The number of oxazole rings is 1. The molecule has 0 saturated heterocycles. The van der Waals surface area contributed by atoms with E-state index in [-0.39, 0.29) is 5.69 Å². The Morgan fingerprint density at radius 1 is 1.27 bits per heavy atom. The van der Waals surface area contributed by atoms with Gasteiger partial charge < -0.3 is 9.15 Å². The largest absolute Gasteiger partial charge is 0.436 e. The minimum Gasteiger partial charge on any atom is -0.436 e. The average Bonchev–Trinajstić information content (AvgIpc) is 2.89. The standard InChI is InChI=1S/C15H10N2O5/c1-9(18)21-12-4-2-3-10(7-12)15-16-13-8-11(17(19)20)5-6-14(13)22-15/h2-8H,1H3. The highest BCUT2D eigenvalue weighted by Crippen LogP contribution is 2.28. The summed E-state index contributed by atoms with van der Waals surface area (Å²) in [4.78, 5) is 25.5. The summed E-state index contributed by atoms with van der Waals surface area (Å²) < 4.78 is 10.6. The van der Waals surface area contributed by atoms with Crippen molar-refractivity contribution in [3.63, 3.8) is 0 Å². The molecule has 0 saturated carbocycles. The van der Waals surface area contributed by atoms with Gasteiger partial charge in [0.15, 0.2) is 5.58 Å². The van der Waals surface area contributed by atoms with Gasteiger partial charge in [0.2, 0.25) is 5.89 Å². The normalized spacial score (nSPS) is 10.6. The number of hydrogen-bond donors (Lipinski definition) is 0. The quantitative estimate of drug-likeness (QED) is 0.318. The summed E-state index contributed by atoms with van der Waals surface area (Å²) in [6.45, 7) is 1.31. The first-order chi connectivity index (χ1) is 10.5. The van der Waals surface area contributed by atoms with Gasteiger partial charge in [0, 0.05) is 24.6 Å². The monoisotopic (exact) mass is 298 g/mol. The van der Waals surface area contributed by atoms with Crippen molar-refractivity contribution in [1.29, 1.82) is 0 Å². The van der Waals surface area contributed by atoms with Crippen LogP contribution in [0.25, 0.3) is 22.6 Å². The second-order valence-corrected chi connectivity index (χ2v) is 4.55. The summed E-state index contributed by atoms with van der Waals surface area (Å²) in [5, 5.41) is 10.8. The Kier molecular flexibility index (Phi) is 3.30. The summed E-state index contributed by atoms with van der Waals surface area (Å²) in [7, 11) is 0. The van der Waals surface area contributed by atoms with E-state index in [1.165, 1.54) is 25.1 Å². The Balaban J connectivity index is 2.03. The highest BCUT2D eigenvalue weighted by atomic mass is 16.6. The third-order valence-electron chi connectivity index (χ3n) is 2.92. The molecule has 3 rings (SSSR count). The minimum atomic E-state index is -0.491. The van der Waals surface area contributed by atoms with E-state index in [1.807, 2.05) is 0 Å². The summed E-state index contributed by atoms with van der Waals surface area (Å²) in [6, 6.07) is 10.9. The molecule has 0 N–H and O–H groups in total. The lowest BCUT2D eigenvalue weighted by atomic mass is 10.2. The van der Waals surface area contributed by atoms with Gasteiger partial charge in [0.25, 0.3) is 5.69 Å². The van der Waals surface area contributed by atoms with E-state index in [2.05, 4.69) is 4.98 Å². The van der Waals surface area contributed by atoms with Gasteiger partial charge in [0.1, 0.15) is 11.3 Å². The van der Waals surface area contributed by atoms with Crippen molar-refractivity contribution in [2.75, 3.05) is 0 Å². The van der Waals surface area contributed by atoms with Crippen LogP contribution in [0.4, 0.5) is 5.69 Å². The topological polar surface area (TPSA) is 95.5 Å². The molecule has 22 heavy (non-hydrogen) atoms. The second-order valence-electron chi connectivity index (χ2n) is 4.55. The molecule has 7 heteroatoms. The predicted octanol–water partition coefficient (Wildman–Crippen LogP) is 3.33. The van der Waals surface area contributed by atoms with Gasteiger partial charge in [-0.1, -0.05) is 6.07 Å². The van der Waals surface area contributed by atoms with E-state index in [9.17, 15) is 14.9 Å². The summed E-state index contributed by atoms with van der Waals surface area (Å²) in [5.41, 5.74) is 1.39. The minimum absolute atomic E-state index is 0.0546. The number of hydrogen-bond acceptors (Lipinski definition) is 6. The fourth-order valence-corrected chi connectivity index (χ4v) is 2.01. The molecule has 110 valence electrons. The zero-order valence-electron chi connectivity index (χ0n) is 11.5. The third kappa shape index (κ3) is 2.64. The first-order valence-electron chi connectivity index (χ1n) is 6.37. The van der Waals surface area contributed by atoms with E-state index in [1.54, 1.807) is 24.3 Å². The van der Waals surface area contributed by atoms with E-state index < -0.39 is 10.9 Å². The molecule has 0 aliphatic carbocycles. The highest BCUT2D eigenvalue weighted by Gasteiger charge is 2.13. The first-order valence-corrected chi connectivity index (χ1v) is 6.37. The number of non-ortho nitro benzene ring substituents is 1. The fraction of sp³-hybridized carbons (Fsp3) is 0.0667. The zero-order chi connectivity index (χ0) is 15.7. The molecule has 0 amide bonds. The maximum absolute atomic E-state index is 11.0. The van der Waals surface area contributed by atoms with Crippen LogP contribution in [-0.4, -0.2) is 15.9 Å². The van der Waals surface area contributed by atoms with Gasteiger partial charge in [-0.15, -0.1) is 0 Å². The lowest BCUT2D eigenvalue weighted by molar-refractivity contribution is -0.384. The van der Waals surface area contributed by atoms with Crippen molar-refractivity contribution in [2.45, 2.75) is 6.92 Å². The number of rotatable bonds is 3. The number of aromatic nitrogens is 1. The number of benzene rings is 2. The molecule has 0 aliphatic rings. The van der Waals surface area contributed by atoms with Crippen molar-refractivity contribution in [1.82, 2.24) is 4.98 Å². The Labute approximate surface area is 124 Å². The van der Waals surface area contributed by atoms with Crippen molar-refractivity contribution in [2.24, 2.45) is 0 Å². The van der Waals surface area contributed by atoms with E-state index in [0.717, 1.165) is 0 Å². The highest BCUT2D eigenvalue weighted by molar-refractivity contribution is 5.79. The van der Waals surface area contributed by atoms with Crippen LogP contribution in [0, 0.1) is 10.1 Å². The fourth-order valence-electron chi connectivity index (χ4n) is 2.01. The molecular weight excluding hydrogens is 288 g/mol. The van der Waals surface area contributed by atoms with Gasteiger partial charge >= 0.3 is 5.97 Å². The van der Waals surface area contributed by atoms with Gasteiger partial charge in [-0.2, -0.15) is 0 Å². The molecular formula is C15H10N2O5. The van der Waals surface area contributed by atoms with Gasteiger partial charge in [0.05, 0.1) is 4.92 Å². The molecule has 0 fully saturated rings. The molecule has 2 aromatic carbocycles. The number of carbonyl (C=O) groups excluding carboxylic acids is 1. The number of esters is 1. The van der Waals surface area contributed by atoms with Crippen molar-refractivity contribution in [3.8, 4) is 17.2 Å². The molecule has 0 spiro atoms. The van der Waals surface area contributed by atoms with Crippen molar-refractivity contribution in [3.05, 3.63) is 52.6 Å². The van der Waals surface area contributed by atoms with Crippen LogP contribution in [0.2, 0.25) is 0 Å². The predicted molar refractivity (Wildman–Crippen MR) is 77.4 cm³/mol. The maximum atomic E-state index is 11.0. The number of nitrogens with zero attached hydrogens (tertiary/aromatic N) is 2. The van der Waals surface area contributed by atoms with Gasteiger partial charge in [-0.3, -0.25) is 14.9 Å². The van der Waals surface area contributed by atoms with Crippen LogP contribution >= 0.6 is 0 Å². The smallest absolute Gasteiger partial charge is 0.308 e. The van der Waals surface area contributed by atoms with Crippen LogP contribution in [0.1, 0.15) is 6.92 Å². The zero-order valence-corrected chi connectivity index (χ0v) is 11.5. The number of ether oxygens (including phenoxy) is 1. The van der Waals surface area contributed by atoms with E-state index in [0.29, 0.717) is 28.3 Å². The Morgan fingerprint density at radius 2 is 2.09 bits per heavy atom. The molecule has 0 atom stereocenters. The van der Waals surface area contributed by atoms with Crippen LogP contribution in [0.15, 0.2) is 46.9 Å². The number of fused-ring (bicyclic) bond motifs is 1. The van der Waals surface area contributed by atoms with Crippen LogP contribution in [-0.2, 0) is 4.79 Å². The van der Waals surface area contributed by atoms with Gasteiger partial charge in [-0.05, 0) is 24.3 Å². The number of nitro benzene ring substituents is 1. The lowest BCUT2D eigenvalue weighted by Crippen LogP contribution is -2.01. The SMILES string of the molecule is CC(=O)Oc1cccc(-c2nc3cc([N+](=O)[O-])ccc3o2)c1. The van der Waals surface area contributed by atoms with Crippen LogP contribution in [0.5, 0.6) is 5.75 Å². The molecule has 7 nitrogen and oxygen atoms in total. The first kappa shape index (κ1) is 13.7. The van der Waals surface area contributed by atoms with Crippen LogP contribution in [0.3, 0.4) is 0 Å². The third-order valence-corrected chi connectivity index (χ3v) is 2.92. The summed E-state index contributed by atoms with van der Waals surface area (Å²) >= 11 is 0. The molecule has 1 heterocycles. The molecule has 1 aromatic heterocycles. The maximum Gasteiger partial charge on any atom is 0.308 e. The van der Waals surface area contributed by atoms with Crippen molar-refractivity contribution >= 4 is 22.8 Å². The lowest BCUT2D eigenvalue weighted by Gasteiger charge is -2.01. The molecule has 0 aliphatic heterocycles. The molecule has 0 unspecified atom stereocenters. The molecule has 0 bridgehead atoms. The summed E-state index contributed by atoms with van der Waals surface area (Å²) in [5.74, 6) is 0.244. The average molecular weight is 298 g/mol. The summed E-state index contributed by atoms with van der Waals surface area (Å²) in [6.07, 6.45) is 0. The number of nitro groups is 1. The van der Waals surface area contributed by atoms with Crippen LogP contribution < -0.4 is 4.74 Å². The second kappa shape index (κ2) is 5.28. The Bertz CT molecular complexity index is 885. The Hall–Kier alpha value is -3.22.